The molecule has 0 saturated carbocycles. The van der Waals surface area contributed by atoms with E-state index in [1.807, 2.05) is 32.0 Å². The van der Waals surface area contributed by atoms with E-state index in [-0.39, 0.29) is 17.6 Å². The third-order valence-electron chi connectivity index (χ3n) is 5.98. The number of amides is 1. The van der Waals surface area contributed by atoms with E-state index in [1.54, 1.807) is 25.1 Å². The highest BCUT2D eigenvalue weighted by molar-refractivity contribution is 6.09. The summed E-state index contributed by atoms with van der Waals surface area (Å²) in [6, 6.07) is 8.88. The molecule has 206 valence electrons. The topological polar surface area (TPSA) is 162 Å². The Morgan fingerprint density at radius 3 is 2.26 bits per heavy atom. The fraction of sp³-hybridized carbons (Fsp3) is 0.429. The van der Waals surface area contributed by atoms with Crippen LogP contribution < -0.4 is 21.1 Å². The van der Waals surface area contributed by atoms with Gasteiger partial charge in [0.2, 0.25) is 5.91 Å². The number of aliphatic carboxylic acids is 1. The summed E-state index contributed by atoms with van der Waals surface area (Å²) in [5.41, 5.74) is 14.8. The molecular formula is C28H37N3O7. The summed E-state index contributed by atoms with van der Waals surface area (Å²) in [7, 11) is 1.28. The van der Waals surface area contributed by atoms with Crippen LogP contribution in [0.25, 0.3) is 0 Å². The molecule has 3 rings (SSSR count). The zero-order valence-electron chi connectivity index (χ0n) is 22.7. The van der Waals surface area contributed by atoms with Gasteiger partial charge in [-0.25, -0.2) is 4.79 Å². The van der Waals surface area contributed by atoms with Crippen LogP contribution in [0.5, 0.6) is 5.75 Å². The summed E-state index contributed by atoms with van der Waals surface area (Å²) in [5.74, 6) is -1.58. The number of anilines is 2. The second kappa shape index (κ2) is 13.0. The first-order valence-electron chi connectivity index (χ1n) is 12.3. The van der Waals surface area contributed by atoms with Crippen molar-refractivity contribution >= 4 is 35.0 Å². The van der Waals surface area contributed by atoms with Crippen molar-refractivity contribution < 1.29 is 33.8 Å². The molecule has 1 aliphatic rings. The van der Waals surface area contributed by atoms with E-state index >= 15 is 0 Å². The van der Waals surface area contributed by atoms with Crippen LogP contribution in [0.2, 0.25) is 0 Å². The summed E-state index contributed by atoms with van der Waals surface area (Å²) in [4.78, 5) is 49.6. The molecule has 0 aromatic heterocycles. The molecule has 0 saturated heterocycles. The lowest BCUT2D eigenvalue weighted by molar-refractivity contribution is -0.144. The Kier molecular flexibility index (Phi) is 10.4. The number of hydrogen-bond donors (Lipinski definition) is 3. The number of carbonyl (C=O) groups excluding carboxylic acids is 3. The molecule has 0 fully saturated rings. The largest absolute Gasteiger partial charge is 0.492 e. The molecule has 1 aliphatic heterocycles. The highest BCUT2D eigenvalue weighted by Crippen LogP contribution is 2.42. The molecule has 10 nitrogen and oxygen atoms in total. The van der Waals surface area contributed by atoms with Gasteiger partial charge in [-0.1, -0.05) is 26.0 Å². The zero-order chi connectivity index (χ0) is 28.7. The van der Waals surface area contributed by atoms with E-state index in [0.29, 0.717) is 41.3 Å². The number of ketones is 1. The number of rotatable bonds is 8. The van der Waals surface area contributed by atoms with Gasteiger partial charge in [0.05, 0.1) is 25.4 Å². The summed E-state index contributed by atoms with van der Waals surface area (Å²) in [6.45, 7) is 8.31. The van der Waals surface area contributed by atoms with Crippen LogP contribution in [-0.2, 0) is 19.1 Å². The van der Waals surface area contributed by atoms with Crippen LogP contribution in [0.4, 0.5) is 11.4 Å². The van der Waals surface area contributed by atoms with Crippen LogP contribution in [0, 0.1) is 5.92 Å². The van der Waals surface area contributed by atoms with Gasteiger partial charge in [0.25, 0.3) is 5.97 Å². The summed E-state index contributed by atoms with van der Waals surface area (Å²) < 4.78 is 10.9. The number of nitrogens with zero attached hydrogens (tertiary/aromatic N) is 1. The van der Waals surface area contributed by atoms with Crippen molar-refractivity contribution in [2.45, 2.75) is 59.0 Å². The molecule has 0 spiro atoms. The van der Waals surface area contributed by atoms with Gasteiger partial charge in [0, 0.05) is 29.7 Å². The number of nitrogens with two attached hydrogens (primary N) is 2. The SMILES string of the molecule is CC(=O)O.COC(=O)[C@H](CC(C)C)N(C(=O)C(C)N)c1cccc([C@@H]2COc3ccc(N)cc32)c1C(C)=O. The van der Waals surface area contributed by atoms with Crippen LogP contribution in [-0.4, -0.2) is 54.5 Å². The number of benzene rings is 2. The lowest BCUT2D eigenvalue weighted by atomic mass is 9.86. The van der Waals surface area contributed by atoms with Crippen molar-refractivity contribution in [2.75, 3.05) is 24.4 Å². The van der Waals surface area contributed by atoms with Crippen molar-refractivity contribution in [3.63, 3.8) is 0 Å². The van der Waals surface area contributed by atoms with E-state index in [9.17, 15) is 14.4 Å². The van der Waals surface area contributed by atoms with Gasteiger partial charge in [0.1, 0.15) is 11.8 Å². The van der Waals surface area contributed by atoms with E-state index in [1.165, 1.54) is 18.9 Å². The number of nitrogen functional groups attached to an aromatic ring is 1. The van der Waals surface area contributed by atoms with Crippen molar-refractivity contribution in [3.05, 3.63) is 53.1 Å². The normalized spacial score (nSPS) is 15.3. The van der Waals surface area contributed by atoms with Crippen LogP contribution in [0.15, 0.2) is 36.4 Å². The average Bonchev–Trinajstić information content (AvgIpc) is 3.24. The van der Waals surface area contributed by atoms with E-state index in [4.69, 9.17) is 30.8 Å². The molecule has 2 aromatic carbocycles. The minimum absolute atomic E-state index is 0.0783. The Morgan fingerprint density at radius 1 is 1.11 bits per heavy atom. The molecule has 3 atom stereocenters. The fourth-order valence-electron chi connectivity index (χ4n) is 4.47. The van der Waals surface area contributed by atoms with Gasteiger partial charge in [-0.05, 0) is 56.0 Å². The fourth-order valence-corrected chi connectivity index (χ4v) is 4.47. The third-order valence-corrected chi connectivity index (χ3v) is 5.98. The second-order valence-corrected chi connectivity index (χ2v) is 9.64. The van der Waals surface area contributed by atoms with Gasteiger partial charge in [-0.2, -0.15) is 0 Å². The Labute approximate surface area is 222 Å². The number of carboxylic acid groups (broad SMARTS) is 1. The maximum Gasteiger partial charge on any atom is 0.328 e. The molecule has 0 aliphatic carbocycles. The molecule has 2 aromatic rings. The smallest absolute Gasteiger partial charge is 0.328 e. The number of hydrogen-bond acceptors (Lipinski definition) is 8. The number of carbonyl (C=O) groups is 4. The lowest BCUT2D eigenvalue weighted by Crippen LogP contribution is -2.52. The molecule has 5 N–H and O–H groups in total. The predicted molar refractivity (Wildman–Crippen MR) is 144 cm³/mol. The van der Waals surface area contributed by atoms with Crippen LogP contribution in [0.1, 0.15) is 68.4 Å². The van der Waals surface area contributed by atoms with Gasteiger partial charge in [-0.15, -0.1) is 0 Å². The van der Waals surface area contributed by atoms with Gasteiger partial charge in [-0.3, -0.25) is 19.3 Å². The summed E-state index contributed by atoms with van der Waals surface area (Å²) in [5, 5.41) is 7.42. The minimum atomic E-state index is -0.931. The zero-order valence-corrected chi connectivity index (χ0v) is 22.7. The van der Waals surface area contributed by atoms with Crippen LogP contribution in [0.3, 0.4) is 0 Å². The minimum Gasteiger partial charge on any atom is -0.492 e. The molecule has 1 amide bonds. The number of methoxy groups -OCH3 is 1. The van der Waals surface area contributed by atoms with E-state index < -0.39 is 29.9 Å². The third kappa shape index (κ3) is 7.10. The Bertz CT molecular complexity index is 1190. The van der Waals surface area contributed by atoms with E-state index in [2.05, 4.69) is 0 Å². The molecule has 0 radical (unpaired) electrons. The number of fused-ring (bicyclic) bond motifs is 1. The standard InChI is InChI=1S/C26H33N3O5.C2H4O2/c1-14(2)11-22(26(32)33-5)29(25(31)15(3)27)21-8-6-7-18(24(21)16(4)30)20-13-34-23-10-9-17(28)12-19(20)23;1-2(3)4/h6-10,12,14-15,20,22H,11,13,27-28H2,1-5H3;1H3,(H,3,4)/t15?,20-,22-;/m0./s1. The second-order valence-electron chi connectivity index (χ2n) is 9.64. The maximum atomic E-state index is 13.4. The monoisotopic (exact) mass is 527 g/mol. The lowest BCUT2D eigenvalue weighted by Gasteiger charge is -2.34. The number of esters is 1. The van der Waals surface area contributed by atoms with Crippen molar-refractivity contribution in [3.8, 4) is 5.75 Å². The molecule has 1 unspecified atom stereocenters. The van der Waals surface area contributed by atoms with Crippen LogP contribution >= 0.6 is 0 Å². The summed E-state index contributed by atoms with van der Waals surface area (Å²) >= 11 is 0. The van der Waals surface area contributed by atoms with Crippen molar-refractivity contribution in [1.82, 2.24) is 0 Å². The van der Waals surface area contributed by atoms with Crippen molar-refractivity contribution in [2.24, 2.45) is 11.7 Å². The van der Waals surface area contributed by atoms with Gasteiger partial charge < -0.3 is 26.0 Å². The average molecular weight is 528 g/mol. The number of carboxylic acids is 1. The van der Waals surface area contributed by atoms with Gasteiger partial charge in [0.15, 0.2) is 5.78 Å². The number of ether oxygens (including phenoxy) is 2. The molecule has 10 heteroatoms. The van der Waals surface area contributed by atoms with Gasteiger partial charge >= 0.3 is 5.97 Å². The first-order valence-corrected chi connectivity index (χ1v) is 12.3. The summed E-state index contributed by atoms with van der Waals surface area (Å²) in [6.07, 6.45) is 0.346. The highest BCUT2D eigenvalue weighted by Gasteiger charge is 2.37. The number of Topliss-reactive ketones (excluding diaryl/α,β-unsaturated/α-hetero) is 1. The van der Waals surface area contributed by atoms with Crippen molar-refractivity contribution in [1.29, 1.82) is 0 Å². The van der Waals surface area contributed by atoms with E-state index in [0.717, 1.165) is 12.5 Å². The first-order chi connectivity index (χ1) is 17.8. The predicted octanol–water partition coefficient (Wildman–Crippen LogP) is 3.35. The Morgan fingerprint density at radius 2 is 1.74 bits per heavy atom. The highest BCUT2D eigenvalue weighted by atomic mass is 16.5. The Balaban J connectivity index is 0.00000118. The maximum absolute atomic E-state index is 13.4. The molecular weight excluding hydrogens is 490 g/mol. The molecule has 0 bridgehead atoms. The molecule has 38 heavy (non-hydrogen) atoms. The quantitative estimate of drug-likeness (QED) is 0.265. The Hall–Kier alpha value is -3.92. The molecule has 1 heterocycles. The first kappa shape index (κ1) is 30.3.